The van der Waals surface area contributed by atoms with Gasteiger partial charge in [0, 0.05) is 6.54 Å². The molecule has 22 heavy (non-hydrogen) atoms. The van der Waals surface area contributed by atoms with Crippen molar-refractivity contribution < 1.29 is 0 Å². The average Bonchev–Trinajstić information content (AvgIpc) is 2.86. The van der Waals surface area contributed by atoms with Crippen LogP contribution in [0, 0.1) is 18.3 Å². The lowest BCUT2D eigenvalue weighted by molar-refractivity contribution is 0.572. The lowest BCUT2D eigenvalue weighted by atomic mass is 10.1. The molecule has 0 saturated heterocycles. The van der Waals surface area contributed by atoms with Crippen LogP contribution in [0.3, 0.4) is 0 Å². The lowest BCUT2D eigenvalue weighted by Gasteiger charge is -2.09. The van der Waals surface area contributed by atoms with Crippen LogP contribution in [-0.2, 0) is 13.0 Å². The summed E-state index contributed by atoms with van der Waals surface area (Å²) in [5.74, 6) is 0. The van der Waals surface area contributed by atoms with Gasteiger partial charge in [-0.2, -0.15) is 5.26 Å². The molecule has 0 aliphatic heterocycles. The van der Waals surface area contributed by atoms with Crippen molar-refractivity contribution in [2.75, 3.05) is 0 Å². The highest BCUT2D eigenvalue weighted by molar-refractivity contribution is 8.00. The summed E-state index contributed by atoms with van der Waals surface area (Å²) in [4.78, 5) is 11.8. The van der Waals surface area contributed by atoms with Crippen molar-refractivity contribution >= 4 is 11.8 Å². The second-order valence-corrected chi connectivity index (χ2v) is 6.41. The fourth-order valence-corrected chi connectivity index (χ4v) is 3.07. The van der Waals surface area contributed by atoms with E-state index in [0.29, 0.717) is 18.1 Å². The number of hydrogen-bond donors (Lipinski definition) is 1. The number of thioether (sulfide) groups is 1. The summed E-state index contributed by atoms with van der Waals surface area (Å²) < 4.78 is 1.62. The molecule has 116 valence electrons. The minimum absolute atomic E-state index is 0.206. The largest absolute Gasteiger partial charge is 0.343 e. The van der Waals surface area contributed by atoms with Gasteiger partial charge in [0.15, 0.2) is 5.16 Å². The first kappa shape index (κ1) is 16.4. The molecule has 1 unspecified atom stereocenters. The molecule has 1 heterocycles. The molecule has 0 amide bonds. The van der Waals surface area contributed by atoms with Gasteiger partial charge in [0.1, 0.15) is 5.25 Å². The third-order valence-corrected chi connectivity index (χ3v) is 4.47. The van der Waals surface area contributed by atoms with Crippen LogP contribution in [-0.4, -0.2) is 20.0 Å². The van der Waals surface area contributed by atoms with Crippen LogP contribution in [0.2, 0.25) is 0 Å². The summed E-state index contributed by atoms with van der Waals surface area (Å²) in [6, 6.07) is 10.5. The van der Waals surface area contributed by atoms with E-state index in [4.69, 9.17) is 0 Å². The van der Waals surface area contributed by atoms with E-state index in [9.17, 15) is 10.1 Å². The van der Waals surface area contributed by atoms with Gasteiger partial charge in [0.25, 0.3) is 0 Å². The fraction of sp³-hybridized carbons (Fsp3) is 0.438. The number of hydrogen-bond acceptors (Lipinski definition) is 4. The Labute approximate surface area is 134 Å². The molecule has 0 aliphatic rings. The average molecular weight is 316 g/mol. The third-order valence-electron chi connectivity index (χ3n) is 3.39. The van der Waals surface area contributed by atoms with Crippen LogP contribution in [0.25, 0.3) is 0 Å². The van der Waals surface area contributed by atoms with E-state index in [0.717, 1.165) is 18.4 Å². The summed E-state index contributed by atoms with van der Waals surface area (Å²) in [6.45, 7) is 4.75. The highest BCUT2D eigenvalue weighted by atomic mass is 32.2. The first-order valence-electron chi connectivity index (χ1n) is 7.41. The third kappa shape index (κ3) is 4.25. The highest BCUT2D eigenvalue weighted by Crippen LogP contribution is 2.23. The number of aryl methyl sites for hydroxylation is 1. The van der Waals surface area contributed by atoms with Gasteiger partial charge < -0.3 is 0 Å². The van der Waals surface area contributed by atoms with E-state index >= 15 is 0 Å². The molecule has 1 N–H and O–H groups in total. The maximum Gasteiger partial charge on any atom is 0.343 e. The summed E-state index contributed by atoms with van der Waals surface area (Å²) in [5.41, 5.74) is 2.11. The quantitative estimate of drug-likeness (QED) is 0.797. The van der Waals surface area contributed by atoms with Crippen LogP contribution in [0.15, 0.2) is 34.2 Å². The maximum absolute atomic E-state index is 11.8. The number of nitrogens with one attached hydrogen (secondary N) is 1. The Hall–Kier alpha value is -2.00. The highest BCUT2D eigenvalue weighted by Gasteiger charge is 2.16. The Kier molecular flexibility index (Phi) is 5.84. The van der Waals surface area contributed by atoms with Crippen LogP contribution in [0.1, 0.15) is 30.9 Å². The van der Waals surface area contributed by atoms with Crippen molar-refractivity contribution in [3.63, 3.8) is 0 Å². The molecular weight excluding hydrogens is 296 g/mol. The monoisotopic (exact) mass is 316 g/mol. The molecule has 0 bridgehead atoms. The van der Waals surface area contributed by atoms with Crippen LogP contribution in [0.4, 0.5) is 0 Å². The number of aromatic amines is 1. The molecule has 1 aromatic carbocycles. The van der Waals surface area contributed by atoms with E-state index in [1.807, 2.05) is 31.2 Å². The van der Waals surface area contributed by atoms with Gasteiger partial charge in [-0.3, -0.25) is 4.57 Å². The first-order chi connectivity index (χ1) is 10.6. The minimum atomic E-state index is -0.265. The number of aromatic nitrogens is 3. The van der Waals surface area contributed by atoms with Gasteiger partial charge in [0.05, 0.1) is 6.07 Å². The van der Waals surface area contributed by atoms with E-state index in [2.05, 4.69) is 23.2 Å². The molecule has 0 spiro atoms. The predicted molar refractivity (Wildman–Crippen MR) is 87.9 cm³/mol. The van der Waals surface area contributed by atoms with E-state index in [1.54, 1.807) is 4.57 Å². The van der Waals surface area contributed by atoms with Crippen LogP contribution in [0.5, 0.6) is 0 Å². The van der Waals surface area contributed by atoms with Crippen LogP contribution < -0.4 is 5.69 Å². The standard InChI is InChI=1S/C16H20N4OS/c1-3-4-9-20-15(21)18-19-16(20)22-14(11-17)10-13-7-5-12(2)6-8-13/h5-8,14H,3-4,9-10H2,1-2H3,(H,18,21). The maximum atomic E-state index is 11.8. The number of benzene rings is 1. The molecule has 0 aliphatic carbocycles. The number of nitrogens with zero attached hydrogens (tertiary/aromatic N) is 3. The van der Waals surface area contributed by atoms with Gasteiger partial charge in [-0.25, -0.2) is 9.89 Å². The zero-order valence-corrected chi connectivity index (χ0v) is 13.7. The normalized spacial score (nSPS) is 12.0. The Bertz CT molecular complexity index is 696. The van der Waals surface area contributed by atoms with Crippen molar-refractivity contribution in [1.29, 1.82) is 5.26 Å². The van der Waals surface area contributed by atoms with E-state index in [1.165, 1.54) is 17.3 Å². The summed E-state index contributed by atoms with van der Waals surface area (Å²) in [5, 5.41) is 16.2. The van der Waals surface area contributed by atoms with Crippen molar-refractivity contribution in [2.45, 2.75) is 50.1 Å². The SMILES string of the molecule is CCCCn1c(SC(C#N)Cc2ccc(C)cc2)n[nH]c1=O. The van der Waals surface area contributed by atoms with Gasteiger partial charge in [-0.1, -0.05) is 54.9 Å². The number of nitriles is 1. The second-order valence-electron chi connectivity index (χ2n) is 5.24. The molecule has 6 heteroatoms. The van der Waals surface area contributed by atoms with Gasteiger partial charge in [-0.05, 0) is 25.3 Å². The fourth-order valence-electron chi connectivity index (χ4n) is 2.09. The van der Waals surface area contributed by atoms with E-state index in [-0.39, 0.29) is 10.9 Å². The Balaban J connectivity index is 2.09. The van der Waals surface area contributed by atoms with Crippen molar-refractivity contribution in [2.24, 2.45) is 0 Å². The molecule has 5 nitrogen and oxygen atoms in total. The summed E-state index contributed by atoms with van der Waals surface area (Å²) in [6.07, 6.45) is 2.56. The number of rotatable bonds is 7. The molecule has 1 atom stereocenters. The zero-order valence-electron chi connectivity index (χ0n) is 12.9. The molecule has 1 aromatic heterocycles. The molecule has 2 rings (SSSR count). The predicted octanol–water partition coefficient (Wildman–Crippen LogP) is 2.91. The Morgan fingerprint density at radius 3 is 2.77 bits per heavy atom. The second kappa shape index (κ2) is 7.85. The summed E-state index contributed by atoms with van der Waals surface area (Å²) in [7, 11) is 0. The number of H-pyrrole nitrogens is 1. The number of unbranched alkanes of at least 4 members (excludes halogenated alkanes) is 1. The van der Waals surface area contributed by atoms with E-state index < -0.39 is 0 Å². The van der Waals surface area contributed by atoms with Crippen LogP contribution >= 0.6 is 11.8 Å². The van der Waals surface area contributed by atoms with Crippen molar-refractivity contribution in [1.82, 2.24) is 14.8 Å². The smallest absolute Gasteiger partial charge is 0.270 e. The molecular formula is C16H20N4OS. The molecule has 2 aromatic rings. The van der Waals surface area contributed by atoms with Gasteiger partial charge >= 0.3 is 5.69 Å². The summed E-state index contributed by atoms with van der Waals surface area (Å²) >= 11 is 1.35. The topological polar surface area (TPSA) is 74.5 Å². The minimum Gasteiger partial charge on any atom is -0.270 e. The van der Waals surface area contributed by atoms with Crippen molar-refractivity contribution in [3.8, 4) is 6.07 Å². The van der Waals surface area contributed by atoms with Gasteiger partial charge in [0.2, 0.25) is 0 Å². The Morgan fingerprint density at radius 2 is 2.14 bits per heavy atom. The van der Waals surface area contributed by atoms with Crippen molar-refractivity contribution in [3.05, 3.63) is 45.9 Å². The first-order valence-corrected chi connectivity index (χ1v) is 8.29. The molecule has 0 saturated carbocycles. The van der Waals surface area contributed by atoms with Gasteiger partial charge in [-0.15, -0.1) is 5.10 Å². The lowest BCUT2D eigenvalue weighted by Crippen LogP contribution is -2.18. The Morgan fingerprint density at radius 1 is 1.41 bits per heavy atom. The zero-order chi connectivity index (χ0) is 15.9. The molecule has 0 radical (unpaired) electrons. The molecule has 0 fully saturated rings.